The second-order valence-corrected chi connectivity index (χ2v) is 8.29. The third kappa shape index (κ3) is 4.13. The van der Waals surface area contributed by atoms with E-state index in [0.29, 0.717) is 0 Å². The van der Waals surface area contributed by atoms with Crippen molar-refractivity contribution < 1.29 is 0 Å². The van der Waals surface area contributed by atoms with Crippen LogP contribution < -0.4 is 5.32 Å². The predicted molar refractivity (Wildman–Crippen MR) is 98.3 cm³/mol. The minimum atomic E-state index is 0.144. The Morgan fingerprint density at radius 1 is 0.636 bits per heavy atom. The summed E-state index contributed by atoms with van der Waals surface area (Å²) >= 11 is 0. The maximum atomic E-state index is 3.56. The van der Waals surface area contributed by atoms with Crippen LogP contribution in [-0.2, 0) is 10.8 Å². The average molecular weight is 295 g/mol. The standard InChI is InChI=1S/C21H29N/c1-15-8-10-18(11-9-15)22-19-13-16(20(2,3)4)12-17(14-19)21(5,6)7/h8-14,22H,1-7H3. The molecule has 0 heterocycles. The van der Waals surface area contributed by atoms with Crippen LogP contribution in [0.3, 0.4) is 0 Å². The van der Waals surface area contributed by atoms with Crippen molar-refractivity contribution in [3.63, 3.8) is 0 Å². The number of rotatable bonds is 2. The molecular formula is C21H29N. The van der Waals surface area contributed by atoms with Gasteiger partial charge in [-0.05, 0) is 53.1 Å². The Morgan fingerprint density at radius 2 is 1.09 bits per heavy atom. The maximum Gasteiger partial charge on any atom is 0.0390 e. The number of aryl methyl sites for hydroxylation is 1. The van der Waals surface area contributed by atoms with Gasteiger partial charge in [-0.3, -0.25) is 0 Å². The molecule has 2 aromatic carbocycles. The molecule has 0 bridgehead atoms. The molecule has 1 N–H and O–H groups in total. The van der Waals surface area contributed by atoms with Crippen molar-refractivity contribution in [1.82, 2.24) is 0 Å². The third-order valence-electron chi connectivity index (χ3n) is 4.01. The first-order valence-electron chi connectivity index (χ1n) is 8.05. The van der Waals surface area contributed by atoms with Crippen LogP contribution in [0.4, 0.5) is 11.4 Å². The smallest absolute Gasteiger partial charge is 0.0390 e. The van der Waals surface area contributed by atoms with Crippen LogP contribution in [0.2, 0.25) is 0 Å². The zero-order valence-corrected chi connectivity index (χ0v) is 15.0. The Morgan fingerprint density at radius 3 is 1.50 bits per heavy atom. The Kier molecular flexibility index (Phi) is 4.37. The van der Waals surface area contributed by atoms with E-state index in [4.69, 9.17) is 0 Å². The van der Waals surface area contributed by atoms with Crippen molar-refractivity contribution in [1.29, 1.82) is 0 Å². The molecule has 2 aromatic rings. The first-order valence-corrected chi connectivity index (χ1v) is 8.05. The lowest BCUT2D eigenvalue weighted by molar-refractivity contribution is 0.569. The zero-order valence-electron chi connectivity index (χ0n) is 15.0. The highest BCUT2D eigenvalue weighted by Gasteiger charge is 2.20. The van der Waals surface area contributed by atoms with Crippen LogP contribution in [0.25, 0.3) is 0 Å². The molecule has 0 aliphatic carbocycles. The monoisotopic (exact) mass is 295 g/mol. The summed E-state index contributed by atoms with van der Waals surface area (Å²) in [4.78, 5) is 0. The molecule has 0 saturated carbocycles. The van der Waals surface area contributed by atoms with Crippen molar-refractivity contribution in [3.05, 3.63) is 59.2 Å². The summed E-state index contributed by atoms with van der Waals surface area (Å²) in [5.41, 5.74) is 6.61. The van der Waals surface area contributed by atoms with Crippen molar-refractivity contribution in [2.24, 2.45) is 0 Å². The van der Waals surface area contributed by atoms with Gasteiger partial charge in [-0.2, -0.15) is 0 Å². The Hall–Kier alpha value is -1.76. The van der Waals surface area contributed by atoms with E-state index >= 15 is 0 Å². The van der Waals surface area contributed by atoms with E-state index in [0.717, 1.165) is 5.69 Å². The van der Waals surface area contributed by atoms with E-state index in [1.165, 1.54) is 22.4 Å². The van der Waals surface area contributed by atoms with Crippen LogP contribution in [0, 0.1) is 6.92 Å². The predicted octanol–water partition coefficient (Wildman–Crippen LogP) is 6.33. The van der Waals surface area contributed by atoms with E-state index in [9.17, 15) is 0 Å². The number of hydrogen-bond donors (Lipinski definition) is 1. The molecule has 0 aliphatic rings. The molecule has 0 radical (unpaired) electrons. The van der Waals surface area contributed by atoms with Gasteiger partial charge in [-0.15, -0.1) is 0 Å². The third-order valence-corrected chi connectivity index (χ3v) is 4.01. The van der Waals surface area contributed by atoms with E-state index in [2.05, 4.69) is 96.2 Å². The first-order chi connectivity index (χ1) is 10.1. The second kappa shape index (κ2) is 5.79. The number of benzene rings is 2. The van der Waals surface area contributed by atoms with Gasteiger partial charge in [0.05, 0.1) is 0 Å². The van der Waals surface area contributed by atoms with Gasteiger partial charge in [0.15, 0.2) is 0 Å². The second-order valence-electron chi connectivity index (χ2n) is 8.29. The topological polar surface area (TPSA) is 12.0 Å². The van der Waals surface area contributed by atoms with E-state index < -0.39 is 0 Å². The van der Waals surface area contributed by atoms with Gasteiger partial charge in [0.25, 0.3) is 0 Å². The van der Waals surface area contributed by atoms with Gasteiger partial charge in [0.1, 0.15) is 0 Å². The summed E-state index contributed by atoms with van der Waals surface area (Å²) in [7, 11) is 0. The molecule has 0 aliphatic heterocycles. The normalized spacial score (nSPS) is 12.3. The van der Waals surface area contributed by atoms with E-state index in [-0.39, 0.29) is 10.8 Å². The van der Waals surface area contributed by atoms with Crippen molar-refractivity contribution >= 4 is 11.4 Å². The SMILES string of the molecule is Cc1ccc(Nc2cc(C(C)(C)C)cc(C(C)(C)C)c2)cc1. The molecular weight excluding hydrogens is 266 g/mol. The van der Waals surface area contributed by atoms with Gasteiger partial charge in [0, 0.05) is 11.4 Å². The van der Waals surface area contributed by atoms with Crippen LogP contribution in [-0.4, -0.2) is 0 Å². The summed E-state index contributed by atoms with van der Waals surface area (Å²) in [6.07, 6.45) is 0. The minimum absolute atomic E-state index is 0.144. The van der Waals surface area contributed by atoms with Crippen molar-refractivity contribution in [2.45, 2.75) is 59.3 Å². The highest BCUT2D eigenvalue weighted by molar-refractivity contribution is 5.62. The average Bonchev–Trinajstić information content (AvgIpc) is 2.39. The first kappa shape index (κ1) is 16.6. The van der Waals surface area contributed by atoms with Crippen LogP contribution in [0.5, 0.6) is 0 Å². The van der Waals surface area contributed by atoms with Crippen molar-refractivity contribution in [3.8, 4) is 0 Å². The molecule has 22 heavy (non-hydrogen) atoms. The quantitative estimate of drug-likeness (QED) is 0.682. The zero-order chi connectivity index (χ0) is 16.5. The Bertz CT molecular complexity index is 605. The van der Waals surface area contributed by atoms with Gasteiger partial charge in [-0.1, -0.05) is 65.3 Å². The highest BCUT2D eigenvalue weighted by atomic mass is 14.9. The fourth-order valence-electron chi connectivity index (χ4n) is 2.37. The largest absolute Gasteiger partial charge is 0.356 e. The number of hydrogen-bond acceptors (Lipinski definition) is 1. The summed E-state index contributed by atoms with van der Waals surface area (Å²) in [6, 6.07) is 15.4. The van der Waals surface area contributed by atoms with Gasteiger partial charge >= 0.3 is 0 Å². The summed E-state index contributed by atoms with van der Waals surface area (Å²) in [5, 5.41) is 3.56. The van der Waals surface area contributed by atoms with Gasteiger partial charge < -0.3 is 5.32 Å². The number of nitrogens with one attached hydrogen (secondary N) is 1. The van der Waals surface area contributed by atoms with Crippen LogP contribution in [0.1, 0.15) is 58.2 Å². The minimum Gasteiger partial charge on any atom is -0.356 e. The van der Waals surface area contributed by atoms with Crippen molar-refractivity contribution in [2.75, 3.05) is 5.32 Å². The Labute approximate surface area is 135 Å². The highest BCUT2D eigenvalue weighted by Crippen LogP contribution is 2.33. The van der Waals surface area contributed by atoms with E-state index in [1.807, 2.05) is 0 Å². The molecule has 0 spiro atoms. The molecule has 118 valence electrons. The Balaban J connectivity index is 2.44. The van der Waals surface area contributed by atoms with Gasteiger partial charge in [-0.25, -0.2) is 0 Å². The van der Waals surface area contributed by atoms with Crippen LogP contribution >= 0.6 is 0 Å². The molecule has 0 fully saturated rings. The molecule has 0 atom stereocenters. The summed E-state index contributed by atoms with van der Waals surface area (Å²) in [5.74, 6) is 0. The maximum absolute atomic E-state index is 3.56. The van der Waals surface area contributed by atoms with Crippen LogP contribution in [0.15, 0.2) is 42.5 Å². The van der Waals surface area contributed by atoms with Gasteiger partial charge in [0.2, 0.25) is 0 Å². The molecule has 1 nitrogen and oxygen atoms in total. The molecule has 0 amide bonds. The lowest BCUT2D eigenvalue weighted by atomic mass is 9.80. The molecule has 0 saturated heterocycles. The summed E-state index contributed by atoms with van der Waals surface area (Å²) < 4.78 is 0. The molecule has 0 unspecified atom stereocenters. The van der Waals surface area contributed by atoms with E-state index in [1.54, 1.807) is 0 Å². The summed E-state index contributed by atoms with van der Waals surface area (Å²) in [6.45, 7) is 15.7. The lowest BCUT2D eigenvalue weighted by Gasteiger charge is -2.26. The number of anilines is 2. The fourth-order valence-corrected chi connectivity index (χ4v) is 2.37. The fraction of sp³-hybridized carbons (Fsp3) is 0.429. The molecule has 2 rings (SSSR count). The molecule has 1 heteroatoms. The molecule has 0 aromatic heterocycles. The lowest BCUT2D eigenvalue weighted by Crippen LogP contribution is -2.16.